The van der Waals surface area contributed by atoms with Crippen LogP contribution >= 0.6 is 0 Å². The van der Waals surface area contributed by atoms with E-state index in [9.17, 15) is 4.79 Å². The number of aryl methyl sites for hydroxylation is 1. The summed E-state index contributed by atoms with van der Waals surface area (Å²) in [4.78, 5) is 13.9. The predicted octanol–water partition coefficient (Wildman–Crippen LogP) is 2.50. The van der Waals surface area contributed by atoms with Gasteiger partial charge in [-0.25, -0.2) is 0 Å². The van der Waals surface area contributed by atoms with Crippen molar-refractivity contribution in [2.75, 3.05) is 26.2 Å². The number of hydrogen-bond acceptors (Lipinski definition) is 3. The van der Waals surface area contributed by atoms with E-state index in [1.807, 2.05) is 17.0 Å². The Bertz CT molecular complexity index is 468. The average molecular weight is 290 g/mol. The number of carbonyl (C=O) groups is 1. The number of nitrogens with zero attached hydrogens (tertiary/aromatic N) is 1. The van der Waals surface area contributed by atoms with E-state index < -0.39 is 0 Å². The third kappa shape index (κ3) is 4.74. The summed E-state index contributed by atoms with van der Waals surface area (Å²) in [6.45, 7) is 7.88. The predicted molar refractivity (Wildman–Crippen MR) is 84.5 cm³/mol. The molecule has 1 N–H and O–H groups in total. The van der Waals surface area contributed by atoms with Gasteiger partial charge in [0.05, 0.1) is 0 Å². The molecule has 1 saturated heterocycles. The van der Waals surface area contributed by atoms with Crippen LogP contribution in [0.3, 0.4) is 0 Å². The summed E-state index contributed by atoms with van der Waals surface area (Å²) >= 11 is 0. The smallest absolute Gasteiger partial charge is 0.260 e. The van der Waals surface area contributed by atoms with Crippen LogP contribution in [0.2, 0.25) is 0 Å². The van der Waals surface area contributed by atoms with Crippen molar-refractivity contribution in [3.63, 3.8) is 0 Å². The zero-order valence-electron chi connectivity index (χ0n) is 13.2. The van der Waals surface area contributed by atoms with Gasteiger partial charge in [-0.05, 0) is 38.8 Å². The number of benzene rings is 1. The fourth-order valence-corrected chi connectivity index (χ4v) is 2.58. The van der Waals surface area contributed by atoms with Crippen molar-refractivity contribution in [1.82, 2.24) is 10.2 Å². The molecule has 1 heterocycles. The lowest BCUT2D eigenvalue weighted by molar-refractivity contribution is -0.132. The minimum atomic E-state index is 0.0977. The molecule has 1 aromatic rings. The first-order valence-electron chi connectivity index (χ1n) is 7.91. The molecule has 116 valence electrons. The summed E-state index contributed by atoms with van der Waals surface area (Å²) in [7, 11) is 0. The van der Waals surface area contributed by atoms with Gasteiger partial charge in [-0.2, -0.15) is 0 Å². The molecule has 1 amide bonds. The van der Waals surface area contributed by atoms with Crippen LogP contribution in [0.15, 0.2) is 18.2 Å². The highest BCUT2D eigenvalue weighted by Crippen LogP contribution is 2.20. The molecule has 0 atom stereocenters. The van der Waals surface area contributed by atoms with Gasteiger partial charge in [-0.3, -0.25) is 4.79 Å². The fourth-order valence-electron chi connectivity index (χ4n) is 2.58. The molecule has 1 aliphatic heterocycles. The van der Waals surface area contributed by atoms with E-state index in [1.165, 1.54) is 5.56 Å². The first-order valence-corrected chi connectivity index (χ1v) is 7.91. The number of nitrogens with one attached hydrogen (secondary N) is 1. The van der Waals surface area contributed by atoms with Crippen LogP contribution in [-0.4, -0.2) is 37.0 Å². The number of rotatable bonds is 7. The van der Waals surface area contributed by atoms with E-state index in [1.54, 1.807) is 0 Å². The molecule has 0 saturated carbocycles. The van der Waals surface area contributed by atoms with Crippen molar-refractivity contribution >= 4 is 5.91 Å². The molecule has 2 rings (SSSR count). The lowest BCUT2D eigenvalue weighted by Crippen LogP contribution is -2.32. The Kier molecular flexibility index (Phi) is 6.05. The molecule has 0 spiro atoms. The van der Waals surface area contributed by atoms with E-state index in [0.29, 0.717) is 0 Å². The van der Waals surface area contributed by atoms with Crippen LogP contribution in [0.4, 0.5) is 0 Å². The fraction of sp³-hybridized carbons (Fsp3) is 0.588. The monoisotopic (exact) mass is 290 g/mol. The van der Waals surface area contributed by atoms with Crippen molar-refractivity contribution < 1.29 is 9.53 Å². The topological polar surface area (TPSA) is 41.6 Å². The minimum Gasteiger partial charge on any atom is -0.483 e. The third-order valence-electron chi connectivity index (χ3n) is 3.77. The molecule has 1 aliphatic rings. The highest BCUT2D eigenvalue weighted by Gasteiger charge is 2.18. The normalized spacial score (nSPS) is 14.5. The summed E-state index contributed by atoms with van der Waals surface area (Å²) in [6, 6.07) is 6.12. The Morgan fingerprint density at radius 1 is 1.33 bits per heavy atom. The second-order valence-corrected chi connectivity index (χ2v) is 5.66. The van der Waals surface area contributed by atoms with Crippen LogP contribution in [0, 0.1) is 6.92 Å². The zero-order valence-corrected chi connectivity index (χ0v) is 13.2. The van der Waals surface area contributed by atoms with Gasteiger partial charge in [0, 0.05) is 25.2 Å². The second kappa shape index (κ2) is 8.03. The van der Waals surface area contributed by atoms with Crippen LogP contribution < -0.4 is 10.1 Å². The third-order valence-corrected chi connectivity index (χ3v) is 3.77. The van der Waals surface area contributed by atoms with Crippen LogP contribution in [0.1, 0.15) is 37.3 Å². The maximum atomic E-state index is 12.0. The van der Waals surface area contributed by atoms with Crippen molar-refractivity contribution in [3.8, 4) is 5.75 Å². The Morgan fingerprint density at radius 2 is 2.10 bits per heavy atom. The molecule has 0 bridgehead atoms. The van der Waals surface area contributed by atoms with Crippen molar-refractivity contribution in [3.05, 3.63) is 29.3 Å². The summed E-state index contributed by atoms with van der Waals surface area (Å²) < 4.78 is 5.77. The van der Waals surface area contributed by atoms with Crippen molar-refractivity contribution in [2.24, 2.45) is 0 Å². The van der Waals surface area contributed by atoms with E-state index in [-0.39, 0.29) is 12.5 Å². The van der Waals surface area contributed by atoms with Crippen LogP contribution in [0.25, 0.3) is 0 Å². The Hall–Kier alpha value is -1.55. The lowest BCUT2D eigenvalue weighted by atomic mass is 10.1. The summed E-state index contributed by atoms with van der Waals surface area (Å²) in [5.74, 6) is 0.914. The van der Waals surface area contributed by atoms with E-state index in [2.05, 4.69) is 25.2 Å². The molecule has 0 unspecified atom stereocenters. The molecule has 4 nitrogen and oxygen atoms in total. The molecule has 0 radical (unpaired) electrons. The number of amides is 1. The van der Waals surface area contributed by atoms with Gasteiger partial charge in [0.2, 0.25) is 0 Å². The van der Waals surface area contributed by atoms with Crippen LogP contribution in [-0.2, 0) is 11.3 Å². The number of likely N-dealkylation sites (tertiary alicyclic amines) is 1. The van der Waals surface area contributed by atoms with E-state index in [4.69, 9.17) is 4.74 Å². The molecule has 1 aromatic carbocycles. The van der Waals surface area contributed by atoms with Crippen molar-refractivity contribution in [2.45, 2.75) is 39.7 Å². The Labute approximate surface area is 127 Å². The lowest BCUT2D eigenvalue weighted by Gasteiger charge is -2.17. The molecule has 21 heavy (non-hydrogen) atoms. The summed E-state index contributed by atoms with van der Waals surface area (Å²) in [5, 5.41) is 3.39. The highest BCUT2D eigenvalue weighted by atomic mass is 16.5. The van der Waals surface area contributed by atoms with Gasteiger partial charge in [0.15, 0.2) is 6.61 Å². The molecule has 4 heteroatoms. The maximum Gasteiger partial charge on any atom is 0.260 e. The Morgan fingerprint density at radius 3 is 2.81 bits per heavy atom. The largest absolute Gasteiger partial charge is 0.483 e. The molecular weight excluding hydrogens is 264 g/mol. The first-order chi connectivity index (χ1) is 10.2. The average Bonchev–Trinajstić information content (AvgIpc) is 3.00. The number of ether oxygens (including phenoxy) is 1. The number of carbonyl (C=O) groups excluding carboxylic acids is 1. The summed E-state index contributed by atoms with van der Waals surface area (Å²) in [5.41, 5.74) is 2.33. The van der Waals surface area contributed by atoms with Crippen molar-refractivity contribution in [1.29, 1.82) is 0 Å². The summed E-state index contributed by atoms with van der Waals surface area (Å²) in [6.07, 6.45) is 3.33. The van der Waals surface area contributed by atoms with Gasteiger partial charge in [0.25, 0.3) is 5.91 Å². The maximum absolute atomic E-state index is 12.0. The van der Waals surface area contributed by atoms with Crippen LogP contribution in [0.5, 0.6) is 5.75 Å². The SMILES string of the molecule is CCCNCc1cc(C)ccc1OCC(=O)N1CCCC1. The van der Waals surface area contributed by atoms with E-state index in [0.717, 1.165) is 56.8 Å². The highest BCUT2D eigenvalue weighted by molar-refractivity contribution is 5.78. The van der Waals surface area contributed by atoms with Gasteiger partial charge >= 0.3 is 0 Å². The molecule has 0 aromatic heterocycles. The minimum absolute atomic E-state index is 0.0977. The Balaban J connectivity index is 1.93. The first kappa shape index (κ1) is 15.8. The van der Waals surface area contributed by atoms with Gasteiger partial charge in [-0.1, -0.05) is 24.6 Å². The van der Waals surface area contributed by atoms with Gasteiger partial charge < -0.3 is 15.0 Å². The molecule has 1 fully saturated rings. The van der Waals surface area contributed by atoms with Gasteiger partial charge in [0.1, 0.15) is 5.75 Å². The zero-order chi connectivity index (χ0) is 15.1. The number of hydrogen-bond donors (Lipinski definition) is 1. The molecule has 0 aliphatic carbocycles. The van der Waals surface area contributed by atoms with E-state index >= 15 is 0 Å². The van der Waals surface area contributed by atoms with Gasteiger partial charge in [-0.15, -0.1) is 0 Å². The molecular formula is C17H26N2O2. The quantitative estimate of drug-likeness (QED) is 0.785. The second-order valence-electron chi connectivity index (χ2n) is 5.66. The standard InChI is InChI=1S/C17H26N2O2/c1-3-8-18-12-15-11-14(2)6-7-16(15)21-13-17(20)19-9-4-5-10-19/h6-7,11,18H,3-5,8-10,12-13H2,1-2H3.